The SMILES string of the molecule is Nc1cc(-c2cncn2Cc2cccnn2)ccn1. The van der Waals surface area contributed by atoms with Gasteiger partial charge in [0.05, 0.1) is 30.5 Å². The summed E-state index contributed by atoms with van der Waals surface area (Å²) in [5.74, 6) is 0.491. The molecule has 0 fully saturated rings. The highest BCUT2D eigenvalue weighted by atomic mass is 15.1. The zero-order valence-electron chi connectivity index (χ0n) is 10.1. The summed E-state index contributed by atoms with van der Waals surface area (Å²) in [6.07, 6.45) is 6.90. The molecule has 0 aromatic carbocycles. The number of aromatic nitrogens is 5. The monoisotopic (exact) mass is 252 g/mol. The zero-order chi connectivity index (χ0) is 13.1. The molecule has 3 heterocycles. The van der Waals surface area contributed by atoms with E-state index >= 15 is 0 Å². The fraction of sp³-hybridized carbons (Fsp3) is 0.0769. The third kappa shape index (κ3) is 2.42. The summed E-state index contributed by atoms with van der Waals surface area (Å²) >= 11 is 0. The molecular weight excluding hydrogens is 240 g/mol. The second-order valence-electron chi connectivity index (χ2n) is 4.09. The van der Waals surface area contributed by atoms with E-state index in [1.54, 1.807) is 24.9 Å². The van der Waals surface area contributed by atoms with Crippen LogP contribution in [0.1, 0.15) is 5.69 Å². The average Bonchev–Trinajstić information content (AvgIpc) is 2.88. The zero-order valence-corrected chi connectivity index (χ0v) is 10.1. The van der Waals surface area contributed by atoms with Crippen molar-refractivity contribution >= 4 is 5.82 Å². The minimum Gasteiger partial charge on any atom is -0.384 e. The van der Waals surface area contributed by atoms with E-state index in [0.717, 1.165) is 17.0 Å². The number of anilines is 1. The molecule has 6 nitrogen and oxygen atoms in total. The van der Waals surface area contributed by atoms with E-state index in [-0.39, 0.29) is 0 Å². The van der Waals surface area contributed by atoms with Crippen molar-refractivity contribution in [2.24, 2.45) is 0 Å². The summed E-state index contributed by atoms with van der Waals surface area (Å²) in [5, 5.41) is 7.94. The molecule has 0 radical (unpaired) electrons. The molecule has 0 aliphatic rings. The summed E-state index contributed by atoms with van der Waals surface area (Å²) in [7, 11) is 0. The highest BCUT2D eigenvalue weighted by Gasteiger charge is 2.07. The fourth-order valence-electron chi connectivity index (χ4n) is 1.89. The normalized spacial score (nSPS) is 10.5. The highest BCUT2D eigenvalue weighted by Crippen LogP contribution is 2.20. The van der Waals surface area contributed by atoms with Gasteiger partial charge in [0, 0.05) is 18.0 Å². The summed E-state index contributed by atoms with van der Waals surface area (Å²) in [5.41, 5.74) is 8.54. The molecule has 0 saturated carbocycles. The number of nitrogens with zero attached hydrogens (tertiary/aromatic N) is 5. The average molecular weight is 252 g/mol. The molecule has 6 heteroatoms. The van der Waals surface area contributed by atoms with Crippen molar-refractivity contribution in [3.8, 4) is 11.3 Å². The van der Waals surface area contributed by atoms with Crippen LogP contribution in [0.4, 0.5) is 5.82 Å². The molecule has 2 N–H and O–H groups in total. The molecule has 0 unspecified atom stereocenters. The van der Waals surface area contributed by atoms with Gasteiger partial charge in [-0.2, -0.15) is 10.2 Å². The van der Waals surface area contributed by atoms with Gasteiger partial charge in [-0.3, -0.25) is 0 Å². The maximum absolute atomic E-state index is 5.70. The minimum atomic E-state index is 0.491. The smallest absolute Gasteiger partial charge is 0.123 e. The Labute approximate surface area is 110 Å². The van der Waals surface area contributed by atoms with Crippen LogP contribution < -0.4 is 5.73 Å². The first-order chi connectivity index (χ1) is 9.33. The summed E-state index contributed by atoms with van der Waals surface area (Å²) < 4.78 is 2.00. The van der Waals surface area contributed by atoms with Crippen molar-refractivity contribution in [1.82, 2.24) is 24.7 Å². The van der Waals surface area contributed by atoms with Gasteiger partial charge in [-0.15, -0.1) is 0 Å². The molecule has 19 heavy (non-hydrogen) atoms. The molecular formula is C13H12N6. The molecule has 3 rings (SSSR count). The van der Waals surface area contributed by atoms with Gasteiger partial charge in [0.15, 0.2) is 0 Å². The first-order valence-corrected chi connectivity index (χ1v) is 5.81. The summed E-state index contributed by atoms with van der Waals surface area (Å²) in [6, 6.07) is 7.52. The Balaban J connectivity index is 1.95. The van der Waals surface area contributed by atoms with Gasteiger partial charge in [-0.05, 0) is 24.3 Å². The maximum atomic E-state index is 5.70. The first-order valence-electron chi connectivity index (χ1n) is 5.81. The van der Waals surface area contributed by atoms with Crippen molar-refractivity contribution in [1.29, 1.82) is 0 Å². The van der Waals surface area contributed by atoms with Crippen molar-refractivity contribution in [3.63, 3.8) is 0 Å². The Morgan fingerprint density at radius 3 is 2.95 bits per heavy atom. The van der Waals surface area contributed by atoms with Gasteiger partial charge in [0.2, 0.25) is 0 Å². The van der Waals surface area contributed by atoms with Crippen LogP contribution in [0.25, 0.3) is 11.3 Å². The second-order valence-corrected chi connectivity index (χ2v) is 4.09. The van der Waals surface area contributed by atoms with Gasteiger partial charge >= 0.3 is 0 Å². The molecule has 0 saturated heterocycles. The van der Waals surface area contributed by atoms with Gasteiger partial charge in [0.1, 0.15) is 5.82 Å². The van der Waals surface area contributed by atoms with E-state index < -0.39 is 0 Å². The summed E-state index contributed by atoms with van der Waals surface area (Å²) in [4.78, 5) is 8.17. The first kappa shape index (κ1) is 11.3. The molecule has 0 bridgehead atoms. The Morgan fingerprint density at radius 1 is 1.21 bits per heavy atom. The third-order valence-electron chi connectivity index (χ3n) is 2.75. The van der Waals surface area contributed by atoms with Crippen LogP contribution >= 0.6 is 0 Å². The van der Waals surface area contributed by atoms with Crippen LogP contribution in [0.5, 0.6) is 0 Å². The number of rotatable bonds is 3. The Hall–Kier alpha value is -2.76. The van der Waals surface area contributed by atoms with Gasteiger partial charge < -0.3 is 10.3 Å². The van der Waals surface area contributed by atoms with Crippen molar-refractivity contribution < 1.29 is 0 Å². The lowest BCUT2D eigenvalue weighted by Crippen LogP contribution is -2.03. The lowest BCUT2D eigenvalue weighted by Gasteiger charge is -2.07. The Kier molecular flexibility index (Phi) is 2.89. The minimum absolute atomic E-state index is 0.491. The predicted octanol–water partition coefficient (Wildman–Crippen LogP) is 1.37. The number of hydrogen-bond donors (Lipinski definition) is 1. The van der Waals surface area contributed by atoms with Crippen molar-refractivity contribution in [3.05, 3.63) is 54.9 Å². The van der Waals surface area contributed by atoms with E-state index in [1.165, 1.54) is 0 Å². The van der Waals surface area contributed by atoms with Crippen LogP contribution in [-0.2, 0) is 6.54 Å². The molecule has 3 aromatic rings. The van der Waals surface area contributed by atoms with Crippen LogP contribution in [0, 0.1) is 0 Å². The number of pyridine rings is 1. The van der Waals surface area contributed by atoms with Crippen LogP contribution in [0.3, 0.4) is 0 Å². The lowest BCUT2D eigenvalue weighted by atomic mass is 10.2. The molecule has 94 valence electrons. The largest absolute Gasteiger partial charge is 0.384 e. The van der Waals surface area contributed by atoms with Crippen LogP contribution in [0.15, 0.2) is 49.2 Å². The predicted molar refractivity (Wildman–Crippen MR) is 71.0 cm³/mol. The van der Waals surface area contributed by atoms with E-state index in [9.17, 15) is 0 Å². The fourth-order valence-corrected chi connectivity index (χ4v) is 1.89. The molecule has 0 aliphatic heterocycles. The molecule has 3 aromatic heterocycles. The number of hydrogen-bond acceptors (Lipinski definition) is 5. The van der Waals surface area contributed by atoms with Gasteiger partial charge in [-0.25, -0.2) is 9.97 Å². The maximum Gasteiger partial charge on any atom is 0.123 e. The lowest BCUT2D eigenvalue weighted by molar-refractivity contribution is 0.758. The number of nitrogens with two attached hydrogens (primary N) is 1. The number of imidazole rings is 1. The quantitative estimate of drug-likeness (QED) is 0.761. The molecule has 0 aliphatic carbocycles. The highest BCUT2D eigenvalue weighted by molar-refractivity contribution is 5.61. The number of nitrogen functional groups attached to an aromatic ring is 1. The third-order valence-corrected chi connectivity index (χ3v) is 2.75. The topological polar surface area (TPSA) is 82.5 Å². The van der Waals surface area contributed by atoms with E-state index in [2.05, 4.69) is 20.2 Å². The van der Waals surface area contributed by atoms with Crippen LogP contribution in [-0.4, -0.2) is 24.7 Å². The summed E-state index contributed by atoms with van der Waals surface area (Å²) in [6.45, 7) is 0.616. The Bertz CT molecular complexity index is 676. The van der Waals surface area contributed by atoms with Gasteiger partial charge in [0.25, 0.3) is 0 Å². The van der Waals surface area contributed by atoms with E-state index in [4.69, 9.17) is 5.73 Å². The van der Waals surface area contributed by atoms with Crippen molar-refractivity contribution in [2.45, 2.75) is 6.54 Å². The van der Waals surface area contributed by atoms with Crippen LogP contribution in [0.2, 0.25) is 0 Å². The van der Waals surface area contributed by atoms with Crippen molar-refractivity contribution in [2.75, 3.05) is 5.73 Å². The van der Waals surface area contributed by atoms with E-state index in [1.807, 2.05) is 28.8 Å². The Morgan fingerprint density at radius 2 is 2.16 bits per heavy atom. The molecule has 0 amide bonds. The molecule has 0 atom stereocenters. The molecule has 0 spiro atoms. The second kappa shape index (κ2) is 4.85. The van der Waals surface area contributed by atoms with Gasteiger partial charge in [-0.1, -0.05) is 0 Å². The van der Waals surface area contributed by atoms with E-state index in [0.29, 0.717) is 12.4 Å². The standard InChI is InChI=1S/C13H12N6/c14-13-6-10(3-5-16-13)12-7-15-9-19(12)8-11-2-1-4-17-18-11/h1-7,9H,8H2,(H2,14,16).